The molecule has 4 heteroatoms. The quantitative estimate of drug-likeness (QED) is 0.362. The number of anilines is 2. The van der Waals surface area contributed by atoms with Gasteiger partial charge >= 0.3 is 5.97 Å². The molecule has 1 N–H and O–H groups in total. The third kappa shape index (κ3) is 4.02. The molecular formula is C27H26N2O2. The maximum absolute atomic E-state index is 12.4. The Morgan fingerprint density at radius 1 is 0.968 bits per heavy atom. The lowest BCUT2D eigenvalue weighted by Crippen LogP contribution is -2.08. The van der Waals surface area contributed by atoms with E-state index in [0.29, 0.717) is 17.3 Å². The molecule has 1 saturated carbocycles. The van der Waals surface area contributed by atoms with Crippen molar-refractivity contribution in [2.24, 2.45) is 0 Å². The third-order valence-electron chi connectivity index (χ3n) is 5.62. The normalized spacial score (nSPS) is 12.8. The van der Waals surface area contributed by atoms with Crippen LogP contribution in [0.2, 0.25) is 0 Å². The molecular weight excluding hydrogens is 384 g/mol. The van der Waals surface area contributed by atoms with Gasteiger partial charge in [-0.05, 0) is 53.0 Å². The standard InChI is InChI=1S/C26H22N2O2.CH4/c1-30-26(29)23-15-19(17-13-14-17)16-27-25(23)28-24-12-6-10-21-20(9-5-11-22(21)24)18-7-3-2-4-8-18;/h2-12,15-17H,13-14H2,1H3,(H,27,28);1H4. The predicted molar refractivity (Wildman–Crippen MR) is 127 cm³/mol. The number of aromatic nitrogens is 1. The molecule has 0 bridgehead atoms. The largest absolute Gasteiger partial charge is 0.465 e. The summed E-state index contributed by atoms with van der Waals surface area (Å²) < 4.78 is 5.02. The van der Waals surface area contributed by atoms with Crippen LogP contribution in [-0.2, 0) is 4.74 Å². The van der Waals surface area contributed by atoms with E-state index in [1.807, 2.05) is 42.6 Å². The summed E-state index contributed by atoms with van der Waals surface area (Å²) in [7, 11) is 1.40. The number of hydrogen-bond donors (Lipinski definition) is 1. The first-order chi connectivity index (χ1) is 14.7. The van der Waals surface area contributed by atoms with Crippen molar-refractivity contribution in [2.75, 3.05) is 12.4 Å². The highest BCUT2D eigenvalue weighted by atomic mass is 16.5. The average molecular weight is 411 g/mol. The molecule has 5 rings (SSSR count). The number of hydrogen-bond acceptors (Lipinski definition) is 4. The molecule has 1 fully saturated rings. The van der Waals surface area contributed by atoms with Gasteiger partial charge in [-0.1, -0.05) is 68.1 Å². The van der Waals surface area contributed by atoms with Crippen molar-refractivity contribution < 1.29 is 9.53 Å². The molecule has 4 nitrogen and oxygen atoms in total. The zero-order valence-corrected chi connectivity index (χ0v) is 16.8. The van der Waals surface area contributed by atoms with Crippen LogP contribution in [0.1, 0.15) is 42.1 Å². The van der Waals surface area contributed by atoms with Crippen LogP contribution in [0, 0.1) is 0 Å². The third-order valence-corrected chi connectivity index (χ3v) is 5.62. The van der Waals surface area contributed by atoms with E-state index in [1.54, 1.807) is 0 Å². The topological polar surface area (TPSA) is 51.2 Å². The molecule has 0 unspecified atom stereocenters. The zero-order valence-electron chi connectivity index (χ0n) is 16.8. The molecule has 0 radical (unpaired) electrons. The Labute approximate surface area is 182 Å². The molecule has 0 spiro atoms. The summed E-state index contributed by atoms with van der Waals surface area (Å²) in [6.45, 7) is 0. The van der Waals surface area contributed by atoms with Gasteiger partial charge in [0.1, 0.15) is 11.4 Å². The van der Waals surface area contributed by atoms with Crippen molar-refractivity contribution in [2.45, 2.75) is 26.2 Å². The second kappa shape index (κ2) is 8.60. The second-order valence-electron chi connectivity index (χ2n) is 7.63. The average Bonchev–Trinajstić information content (AvgIpc) is 3.65. The number of nitrogens with zero attached hydrogens (tertiary/aromatic N) is 1. The summed E-state index contributed by atoms with van der Waals surface area (Å²) in [5.41, 5.74) is 4.81. The number of carbonyl (C=O) groups is 1. The van der Waals surface area contributed by atoms with Crippen molar-refractivity contribution in [3.8, 4) is 11.1 Å². The minimum Gasteiger partial charge on any atom is -0.465 e. The van der Waals surface area contributed by atoms with Gasteiger partial charge in [0, 0.05) is 17.3 Å². The van der Waals surface area contributed by atoms with Gasteiger partial charge in [0.15, 0.2) is 0 Å². The van der Waals surface area contributed by atoms with E-state index < -0.39 is 0 Å². The first-order valence-electron chi connectivity index (χ1n) is 10.2. The number of rotatable bonds is 5. The highest BCUT2D eigenvalue weighted by Gasteiger charge is 2.26. The van der Waals surface area contributed by atoms with Gasteiger partial charge in [-0.25, -0.2) is 9.78 Å². The molecule has 3 aromatic carbocycles. The number of esters is 1. The Kier molecular flexibility index (Phi) is 5.72. The lowest BCUT2D eigenvalue weighted by molar-refractivity contribution is 0.0601. The van der Waals surface area contributed by atoms with E-state index in [9.17, 15) is 4.79 Å². The number of nitrogens with one attached hydrogen (secondary N) is 1. The van der Waals surface area contributed by atoms with E-state index in [0.717, 1.165) is 34.9 Å². The van der Waals surface area contributed by atoms with E-state index in [4.69, 9.17) is 4.74 Å². The van der Waals surface area contributed by atoms with Gasteiger partial charge in [0.05, 0.1) is 7.11 Å². The second-order valence-corrected chi connectivity index (χ2v) is 7.63. The van der Waals surface area contributed by atoms with Crippen molar-refractivity contribution in [1.82, 2.24) is 4.98 Å². The van der Waals surface area contributed by atoms with Gasteiger partial charge in [-0.3, -0.25) is 0 Å². The van der Waals surface area contributed by atoms with Crippen LogP contribution in [-0.4, -0.2) is 18.1 Å². The smallest absolute Gasteiger partial charge is 0.341 e. The highest BCUT2D eigenvalue weighted by molar-refractivity contribution is 6.04. The number of ether oxygens (including phenoxy) is 1. The van der Waals surface area contributed by atoms with E-state index in [1.165, 1.54) is 18.2 Å². The maximum Gasteiger partial charge on any atom is 0.341 e. The van der Waals surface area contributed by atoms with E-state index in [-0.39, 0.29) is 13.4 Å². The van der Waals surface area contributed by atoms with Crippen LogP contribution in [0.5, 0.6) is 0 Å². The Hall–Kier alpha value is -3.66. The van der Waals surface area contributed by atoms with Gasteiger partial charge in [-0.2, -0.15) is 0 Å². The Morgan fingerprint density at radius 2 is 1.71 bits per heavy atom. The molecule has 156 valence electrons. The van der Waals surface area contributed by atoms with Crippen LogP contribution in [0.3, 0.4) is 0 Å². The van der Waals surface area contributed by atoms with Gasteiger partial charge in [0.25, 0.3) is 0 Å². The van der Waals surface area contributed by atoms with E-state index >= 15 is 0 Å². The minimum atomic E-state index is -0.377. The number of benzene rings is 3. The van der Waals surface area contributed by atoms with Gasteiger partial charge in [0.2, 0.25) is 0 Å². The molecule has 1 aliphatic carbocycles. The van der Waals surface area contributed by atoms with Crippen LogP contribution < -0.4 is 5.32 Å². The van der Waals surface area contributed by atoms with Crippen LogP contribution in [0.4, 0.5) is 11.5 Å². The Morgan fingerprint density at radius 3 is 2.45 bits per heavy atom. The van der Waals surface area contributed by atoms with Crippen molar-refractivity contribution in [1.29, 1.82) is 0 Å². The van der Waals surface area contributed by atoms with Crippen molar-refractivity contribution in [3.05, 3.63) is 90.1 Å². The number of fused-ring (bicyclic) bond motifs is 1. The molecule has 4 aromatic rings. The lowest BCUT2D eigenvalue weighted by Gasteiger charge is -2.15. The Balaban J connectivity index is 0.00000231. The summed E-state index contributed by atoms with van der Waals surface area (Å²) in [5, 5.41) is 5.60. The zero-order chi connectivity index (χ0) is 20.5. The summed E-state index contributed by atoms with van der Waals surface area (Å²) in [6.07, 6.45) is 4.17. The van der Waals surface area contributed by atoms with Crippen LogP contribution >= 0.6 is 0 Å². The fourth-order valence-electron chi connectivity index (χ4n) is 3.90. The number of pyridine rings is 1. The van der Waals surface area contributed by atoms with Crippen molar-refractivity contribution in [3.63, 3.8) is 0 Å². The summed E-state index contributed by atoms with van der Waals surface area (Å²) in [6, 6.07) is 24.7. The molecule has 1 aliphatic rings. The van der Waals surface area contributed by atoms with Gasteiger partial charge in [-0.15, -0.1) is 0 Å². The van der Waals surface area contributed by atoms with E-state index in [2.05, 4.69) is 46.7 Å². The summed E-state index contributed by atoms with van der Waals surface area (Å²) in [4.78, 5) is 17.0. The predicted octanol–water partition coefficient (Wildman–Crippen LogP) is 6.95. The molecule has 31 heavy (non-hydrogen) atoms. The molecule has 0 atom stereocenters. The van der Waals surface area contributed by atoms with Crippen LogP contribution in [0.15, 0.2) is 79.0 Å². The van der Waals surface area contributed by atoms with Gasteiger partial charge < -0.3 is 10.1 Å². The summed E-state index contributed by atoms with van der Waals surface area (Å²) >= 11 is 0. The monoisotopic (exact) mass is 410 g/mol. The fourth-order valence-corrected chi connectivity index (χ4v) is 3.90. The molecule has 0 amide bonds. The lowest BCUT2D eigenvalue weighted by atomic mass is 9.97. The summed E-state index contributed by atoms with van der Waals surface area (Å²) in [5.74, 6) is 0.655. The maximum atomic E-state index is 12.4. The Bertz CT molecular complexity index is 1230. The molecule has 0 saturated heterocycles. The molecule has 1 aromatic heterocycles. The first-order valence-corrected chi connectivity index (χ1v) is 10.2. The first kappa shape index (κ1) is 20.6. The fraction of sp³-hybridized carbons (Fsp3) is 0.185. The SMILES string of the molecule is C.COC(=O)c1cc(C2CC2)cnc1Nc1cccc2c(-c3ccccc3)cccc12. The van der Waals surface area contributed by atoms with Crippen molar-refractivity contribution >= 4 is 28.2 Å². The molecule has 1 heterocycles. The highest BCUT2D eigenvalue weighted by Crippen LogP contribution is 2.41. The minimum absolute atomic E-state index is 0. The molecule has 0 aliphatic heterocycles. The number of carbonyl (C=O) groups excluding carboxylic acids is 1. The number of methoxy groups -OCH3 is 1. The van der Waals surface area contributed by atoms with Crippen LogP contribution in [0.25, 0.3) is 21.9 Å².